The average Bonchev–Trinajstić information content (AvgIpc) is 3.28. The van der Waals surface area contributed by atoms with Gasteiger partial charge in [-0.15, -0.1) is 0 Å². The molecule has 1 aliphatic heterocycles. The van der Waals surface area contributed by atoms with Crippen LogP contribution in [0.5, 0.6) is 0 Å². The van der Waals surface area contributed by atoms with Crippen molar-refractivity contribution >= 4 is 23.2 Å². The predicted molar refractivity (Wildman–Crippen MR) is 117 cm³/mol. The highest BCUT2D eigenvalue weighted by molar-refractivity contribution is 7.95. The van der Waals surface area contributed by atoms with Gasteiger partial charge in [0.15, 0.2) is 6.29 Å². The predicted octanol–water partition coefficient (Wildman–Crippen LogP) is 4.38. The highest BCUT2D eigenvalue weighted by atomic mass is 31.2. The summed E-state index contributed by atoms with van der Waals surface area (Å²) in [6, 6.07) is 32.5. The first-order valence-corrected chi connectivity index (χ1v) is 11.7. The summed E-state index contributed by atoms with van der Waals surface area (Å²) >= 11 is 0. The van der Waals surface area contributed by atoms with Crippen molar-refractivity contribution in [3.63, 3.8) is 0 Å². The molecule has 3 heteroatoms. The summed E-state index contributed by atoms with van der Waals surface area (Å²) in [5.41, 5.74) is 0. The maximum Gasteiger partial charge on any atom is 0.192 e. The Balaban J connectivity index is 0.00000102. The van der Waals surface area contributed by atoms with Crippen molar-refractivity contribution in [2.75, 3.05) is 19.4 Å². The minimum atomic E-state index is -1.85. The molecule has 0 radical (unpaired) electrons. The number of hydrogen-bond acceptors (Lipinski definition) is 2. The minimum Gasteiger partial charge on any atom is -0.347 e. The molecule has 1 saturated heterocycles. The van der Waals surface area contributed by atoms with Crippen LogP contribution in [0.25, 0.3) is 0 Å². The zero-order valence-corrected chi connectivity index (χ0v) is 17.0. The lowest BCUT2D eigenvalue weighted by atomic mass is 10.4. The van der Waals surface area contributed by atoms with E-state index in [1.807, 2.05) is 13.8 Å². The van der Waals surface area contributed by atoms with E-state index in [-0.39, 0.29) is 6.29 Å². The summed E-state index contributed by atoms with van der Waals surface area (Å²) in [4.78, 5) is 0. The third-order valence-corrected chi connectivity index (χ3v) is 9.09. The van der Waals surface area contributed by atoms with Gasteiger partial charge >= 0.3 is 0 Å². The third-order valence-electron chi connectivity index (χ3n) is 4.70. The molecule has 1 heterocycles. The van der Waals surface area contributed by atoms with E-state index >= 15 is 0 Å². The SMILES string of the molecule is CC.c1ccc([P+](CC2OCCO2)(c2ccccc2)c2ccccc2)cc1. The van der Waals surface area contributed by atoms with Gasteiger partial charge in [0.05, 0.1) is 13.2 Å². The zero-order valence-electron chi connectivity index (χ0n) is 16.1. The van der Waals surface area contributed by atoms with E-state index in [1.165, 1.54) is 15.9 Å². The van der Waals surface area contributed by atoms with Crippen molar-refractivity contribution in [2.45, 2.75) is 20.1 Å². The first-order chi connectivity index (χ1) is 13.4. The molecule has 27 heavy (non-hydrogen) atoms. The van der Waals surface area contributed by atoms with Gasteiger partial charge in [0.1, 0.15) is 29.3 Å². The van der Waals surface area contributed by atoms with Crippen molar-refractivity contribution in [3.8, 4) is 0 Å². The molecule has 0 N–H and O–H groups in total. The van der Waals surface area contributed by atoms with Crippen molar-refractivity contribution in [2.24, 2.45) is 0 Å². The molecule has 1 aliphatic rings. The Hall–Kier alpha value is -1.99. The standard InChI is InChI=1S/C22H22O2P.C2H6/c1-4-10-19(11-5-1)25(18-22-23-16-17-24-22,20-12-6-2-7-13-20)21-14-8-3-9-15-21;1-2/h1-15,22H,16-18H2;1-2H3/q+1;. The van der Waals surface area contributed by atoms with Gasteiger partial charge in [-0.25, -0.2) is 0 Å². The monoisotopic (exact) mass is 379 g/mol. The Morgan fingerprint density at radius 2 is 0.963 bits per heavy atom. The normalized spacial score (nSPS) is 14.4. The van der Waals surface area contributed by atoms with E-state index in [4.69, 9.17) is 9.47 Å². The summed E-state index contributed by atoms with van der Waals surface area (Å²) in [5.74, 6) is 0. The van der Waals surface area contributed by atoms with Crippen LogP contribution in [0.2, 0.25) is 0 Å². The molecule has 2 nitrogen and oxygen atoms in total. The van der Waals surface area contributed by atoms with Crippen LogP contribution in [-0.4, -0.2) is 25.7 Å². The Labute approximate surface area is 163 Å². The fraction of sp³-hybridized carbons (Fsp3) is 0.250. The smallest absolute Gasteiger partial charge is 0.192 e. The molecular weight excluding hydrogens is 351 g/mol. The first kappa shape index (κ1) is 19.8. The van der Waals surface area contributed by atoms with E-state index in [0.29, 0.717) is 13.2 Å². The third kappa shape index (κ3) is 4.30. The second-order valence-electron chi connectivity index (χ2n) is 6.17. The van der Waals surface area contributed by atoms with Gasteiger partial charge in [0.25, 0.3) is 0 Å². The Morgan fingerprint density at radius 1 is 0.630 bits per heavy atom. The number of benzene rings is 3. The van der Waals surface area contributed by atoms with E-state index in [1.54, 1.807) is 0 Å². The Kier molecular flexibility index (Phi) is 7.18. The number of rotatable bonds is 5. The van der Waals surface area contributed by atoms with Crippen molar-refractivity contribution < 1.29 is 9.47 Å². The van der Waals surface area contributed by atoms with Gasteiger partial charge in [-0.05, 0) is 36.4 Å². The lowest BCUT2D eigenvalue weighted by Crippen LogP contribution is -2.37. The first-order valence-electron chi connectivity index (χ1n) is 9.68. The van der Waals surface area contributed by atoms with Crippen LogP contribution in [0.1, 0.15) is 13.8 Å². The molecule has 0 spiro atoms. The molecule has 0 unspecified atom stereocenters. The van der Waals surface area contributed by atoms with Crippen LogP contribution in [0.3, 0.4) is 0 Å². The topological polar surface area (TPSA) is 18.5 Å². The quantitative estimate of drug-likeness (QED) is 0.613. The van der Waals surface area contributed by atoms with Gasteiger partial charge in [0, 0.05) is 0 Å². The van der Waals surface area contributed by atoms with Gasteiger partial charge in [0.2, 0.25) is 0 Å². The van der Waals surface area contributed by atoms with Gasteiger partial charge in [-0.3, -0.25) is 0 Å². The van der Waals surface area contributed by atoms with Crippen LogP contribution >= 0.6 is 7.26 Å². The van der Waals surface area contributed by atoms with Crippen LogP contribution < -0.4 is 15.9 Å². The molecule has 140 valence electrons. The summed E-state index contributed by atoms with van der Waals surface area (Å²) in [6.07, 6.45) is 0.722. The van der Waals surface area contributed by atoms with E-state index in [2.05, 4.69) is 91.0 Å². The molecule has 3 aromatic rings. The van der Waals surface area contributed by atoms with Crippen molar-refractivity contribution in [1.29, 1.82) is 0 Å². The highest BCUT2D eigenvalue weighted by Crippen LogP contribution is 2.56. The zero-order chi connectivity index (χ0) is 19.0. The minimum absolute atomic E-state index is 0.144. The summed E-state index contributed by atoms with van der Waals surface area (Å²) in [6.45, 7) is 5.37. The second kappa shape index (κ2) is 9.80. The van der Waals surface area contributed by atoms with Crippen molar-refractivity contribution in [1.82, 2.24) is 0 Å². The maximum absolute atomic E-state index is 5.88. The van der Waals surface area contributed by atoms with E-state index < -0.39 is 7.26 Å². The molecule has 0 saturated carbocycles. The largest absolute Gasteiger partial charge is 0.347 e. The number of hydrogen-bond donors (Lipinski definition) is 0. The Morgan fingerprint density at radius 3 is 1.30 bits per heavy atom. The fourth-order valence-electron chi connectivity index (χ4n) is 3.55. The van der Waals surface area contributed by atoms with Crippen LogP contribution in [0.15, 0.2) is 91.0 Å². The molecule has 1 fully saturated rings. The summed E-state index contributed by atoms with van der Waals surface area (Å²) in [7, 11) is -1.85. The molecule has 0 aliphatic carbocycles. The summed E-state index contributed by atoms with van der Waals surface area (Å²) in [5, 5.41) is 4.10. The lowest BCUT2D eigenvalue weighted by Gasteiger charge is -2.29. The molecule has 0 aromatic heterocycles. The van der Waals surface area contributed by atoms with Crippen LogP contribution in [0.4, 0.5) is 0 Å². The Bertz CT molecular complexity index is 688. The van der Waals surface area contributed by atoms with Gasteiger partial charge < -0.3 is 9.47 Å². The fourth-order valence-corrected chi connectivity index (χ4v) is 7.78. The molecule has 4 rings (SSSR count). The molecule has 3 aromatic carbocycles. The van der Waals surface area contributed by atoms with Gasteiger partial charge in [-0.2, -0.15) is 0 Å². The van der Waals surface area contributed by atoms with E-state index in [0.717, 1.165) is 6.16 Å². The van der Waals surface area contributed by atoms with Crippen LogP contribution in [-0.2, 0) is 9.47 Å². The number of ether oxygens (including phenoxy) is 2. The molecule has 0 amide bonds. The average molecular weight is 379 g/mol. The lowest BCUT2D eigenvalue weighted by molar-refractivity contribution is -0.0223. The van der Waals surface area contributed by atoms with Crippen molar-refractivity contribution in [3.05, 3.63) is 91.0 Å². The second-order valence-corrected chi connectivity index (χ2v) is 9.70. The van der Waals surface area contributed by atoms with E-state index in [9.17, 15) is 0 Å². The molecule has 0 bridgehead atoms. The maximum atomic E-state index is 5.88. The molecule has 0 atom stereocenters. The summed E-state index contributed by atoms with van der Waals surface area (Å²) < 4.78 is 11.8. The highest BCUT2D eigenvalue weighted by Gasteiger charge is 2.48. The van der Waals surface area contributed by atoms with Crippen LogP contribution in [0, 0.1) is 0 Å². The van der Waals surface area contributed by atoms with Gasteiger partial charge in [-0.1, -0.05) is 68.4 Å². The molecular formula is C24H28O2P+.